The van der Waals surface area contributed by atoms with Crippen LogP contribution in [0.5, 0.6) is 0 Å². The van der Waals surface area contributed by atoms with Gasteiger partial charge in [0.25, 0.3) is 0 Å². The van der Waals surface area contributed by atoms with Crippen molar-refractivity contribution in [1.82, 2.24) is 0 Å². The van der Waals surface area contributed by atoms with Gasteiger partial charge in [-0.15, -0.1) is 0 Å². The Balaban J connectivity index is 2.43. The molecule has 1 aromatic rings. The molecule has 0 aromatic heterocycles. The first-order valence-corrected chi connectivity index (χ1v) is 6.49. The molecule has 0 spiro atoms. The monoisotopic (exact) mass is 263 g/mol. The molecule has 1 unspecified atom stereocenters. The van der Waals surface area contributed by atoms with E-state index in [2.05, 4.69) is 10.1 Å². The van der Waals surface area contributed by atoms with Crippen molar-refractivity contribution in [2.24, 2.45) is 10.9 Å². The summed E-state index contributed by atoms with van der Waals surface area (Å²) in [6.45, 7) is 5.27. The highest BCUT2D eigenvalue weighted by molar-refractivity contribution is 6.02. The van der Waals surface area contributed by atoms with Gasteiger partial charge in [-0.05, 0) is 38.3 Å². The SMILES string of the molecule is Cc1cccc(/C(N)=N/O)c1N1CCCC(C)(O)C1. The van der Waals surface area contributed by atoms with Crippen molar-refractivity contribution in [1.29, 1.82) is 0 Å². The number of aryl methyl sites for hydroxylation is 1. The van der Waals surface area contributed by atoms with Crippen LogP contribution in [0.2, 0.25) is 0 Å². The Bertz CT molecular complexity index is 497. The minimum absolute atomic E-state index is 0.101. The highest BCUT2D eigenvalue weighted by Gasteiger charge is 2.30. The first kappa shape index (κ1) is 13.7. The van der Waals surface area contributed by atoms with E-state index in [0.717, 1.165) is 30.6 Å². The molecule has 1 heterocycles. The van der Waals surface area contributed by atoms with Gasteiger partial charge in [-0.3, -0.25) is 0 Å². The van der Waals surface area contributed by atoms with Gasteiger partial charge < -0.3 is 20.9 Å². The van der Waals surface area contributed by atoms with Crippen molar-refractivity contribution in [2.45, 2.75) is 32.3 Å². The normalized spacial score (nSPS) is 24.6. The summed E-state index contributed by atoms with van der Waals surface area (Å²) >= 11 is 0. The number of hydrogen-bond donors (Lipinski definition) is 3. The van der Waals surface area contributed by atoms with Crippen LogP contribution in [0.15, 0.2) is 23.4 Å². The van der Waals surface area contributed by atoms with Crippen LogP contribution < -0.4 is 10.6 Å². The van der Waals surface area contributed by atoms with Crippen LogP contribution in [0.3, 0.4) is 0 Å². The number of rotatable bonds is 2. The third kappa shape index (κ3) is 2.81. The van der Waals surface area contributed by atoms with Gasteiger partial charge in [0.15, 0.2) is 5.84 Å². The molecule has 5 nitrogen and oxygen atoms in total. The zero-order valence-corrected chi connectivity index (χ0v) is 11.4. The molecule has 1 aromatic carbocycles. The molecular formula is C14H21N3O2. The number of hydrogen-bond acceptors (Lipinski definition) is 4. The standard InChI is InChI=1S/C14H21N3O2/c1-10-5-3-6-11(13(15)16-19)12(10)17-8-4-7-14(2,18)9-17/h3,5-6,18-19H,4,7-9H2,1-2H3,(H2,15,16). The minimum atomic E-state index is -0.692. The Hall–Kier alpha value is -1.75. The molecule has 4 N–H and O–H groups in total. The Kier molecular flexibility index (Phi) is 3.66. The lowest BCUT2D eigenvalue weighted by Crippen LogP contribution is -2.47. The first-order chi connectivity index (χ1) is 8.94. The van der Waals surface area contributed by atoms with E-state index in [0.29, 0.717) is 12.1 Å². The molecule has 1 atom stereocenters. The Labute approximate surface area is 113 Å². The van der Waals surface area contributed by atoms with Gasteiger partial charge in [0, 0.05) is 18.7 Å². The molecule has 104 valence electrons. The van der Waals surface area contributed by atoms with E-state index in [9.17, 15) is 5.11 Å². The summed E-state index contributed by atoms with van der Waals surface area (Å²) in [7, 11) is 0. The van der Waals surface area contributed by atoms with Gasteiger partial charge >= 0.3 is 0 Å². The third-order valence-electron chi connectivity index (χ3n) is 3.61. The average molecular weight is 263 g/mol. The van der Waals surface area contributed by atoms with Crippen molar-refractivity contribution in [3.05, 3.63) is 29.3 Å². The van der Waals surface area contributed by atoms with Crippen LogP contribution in [0, 0.1) is 6.92 Å². The van der Waals surface area contributed by atoms with Crippen LogP contribution in [0.25, 0.3) is 0 Å². The third-order valence-corrected chi connectivity index (χ3v) is 3.61. The van der Waals surface area contributed by atoms with Crippen molar-refractivity contribution in [2.75, 3.05) is 18.0 Å². The van der Waals surface area contributed by atoms with E-state index >= 15 is 0 Å². The van der Waals surface area contributed by atoms with Gasteiger partial charge in [0.1, 0.15) is 0 Å². The predicted octanol–water partition coefficient (Wildman–Crippen LogP) is 1.44. The lowest BCUT2D eigenvalue weighted by Gasteiger charge is -2.39. The van der Waals surface area contributed by atoms with Crippen LogP contribution >= 0.6 is 0 Å². The molecule has 5 heteroatoms. The zero-order chi connectivity index (χ0) is 14.0. The number of oxime groups is 1. The number of benzene rings is 1. The second-order valence-corrected chi connectivity index (χ2v) is 5.48. The Morgan fingerprint density at radius 2 is 2.21 bits per heavy atom. The molecule has 1 fully saturated rings. The number of nitrogens with two attached hydrogens (primary N) is 1. The number of aliphatic hydroxyl groups is 1. The fourth-order valence-corrected chi connectivity index (χ4v) is 2.75. The van der Waals surface area contributed by atoms with Gasteiger partial charge in [0.2, 0.25) is 0 Å². The lowest BCUT2D eigenvalue weighted by atomic mass is 9.93. The largest absolute Gasteiger partial charge is 0.409 e. The van der Waals surface area contributed by atoms with E-state index in [1.54, 1.807) is 0 Å². The molecule has 1 saturated heterocycles. The number of β-amino-alcohol motifs (C(OH)–C–C–N with tert-alkyl or cyclic N) is 1. The highest BCUT2D eigenvalue weighted by Crippen LogP contribution is 2.30. The van der Waals surface area contributed by atoms with E-state index in [4.69, 9.17) is 10.9 Å². The van der Waals surface area contributed by atoms with Crippen LogP contribution in [-0.4, -0.2) is 34.8 Å². The first-order valence-electron chi connectivity index (χ1n) is 6.49. The maximum Gasteiger partial charge on any atom is 0.172 e. The summed E-state index contributed by atoms with van der Waals surface area (Å²) in [6.07, 6.45) is 1.73. The lowest BCUT2D eigenvalue weighted by molar-refractivity contribution is 0.0449. The number of nitrogens with zero attached hydrogens (tertiary/aromatic N) is 2. The van der Waals surface area contributed by atoms with Crippen molar-refractivity contribution in [3.63, 3.8) is 0 Å². The van der Waals surface area contributed by atoms with Gasteiger partial charge in [-0.1, -0.05) is 17.3 Å². The smallest absolute Gasteiger partial charge is 0.172 e. The summed E-state index contributed by atoms with van der Waals surface area (Å²) in [5, 5.41) is 22.2. The molecule has 1 aliphatic heterocycles. The quantitative estimate of drug-likeness (QED) is 0.326. The minimum Gasteiger partial charge on any atom is -0.409 e. The topological polar surface area (TPSA) is 82.1 Å². The van der Waals surface area contributed by atoms with E-state index in [1.807, 2.05) is 32.0 Å². The van der Waals surface area contributed by atoms with Crippen LogP contribution in [-0.2, 0) is 0 Å². The highest BCUT2D eigenvalue weighted by atomic mass is 16.4. The van der Waals surface area contributed by atoms with E-state index in [1.165, 1.54) is 0 Å². The van der Waals surface area contributed by atoms with Gasteiger partial charge in [-0.25, -0.2) is 0 Å². The molecule has 0 bridgehead atoms. The maximum absolute atomic E-state index is 10.2. The summed E-state index contributed by atoms with van der Waals surface area (Å²) in [6, 6.07) is 5.71. The van der Waals surface area contributed by atoms with Gasteiger partial charge in [-0.2, -0.15) is 0 Å². The molecular weight excluding hydrogens is 242 g/mol. The number of amidine groups is 1. The molecule has 0 aliphatic carbocycles. The zero-order valence-electron chi connectivity index (χ0n) is 11.4. The number of anilines is 1. The summed E-state index contributed by atoms with van der Waals surface area (Å²) in [5.74, 6) is 0.101. The molecule has 0 amide bonds. The van der Waals surface area contributed by atoms with Crippen molar-refractivity contribution in [3.8, 4) is 0 Å². The van der Waals surface area contributed by atoms with Gasteiger partial charge in [0.05, 0.1) is 11.3 Å². The second kappa shape index (κ2) is 5.09. The molecule has 1 aliphatic rings. The number of piperidine rings is 1. The molecule has 2 rings (SSSR count). The van der Waals surface area contributed by atoms with E-state index in [-0.39, 0.29) is 5.84 Å². The fraction of sp³-hybridized carbons (Fsp3) is 0.500. The number of para-hydroxylation sites is 1. The Morgan fingerprint density at radius 1 is 1.47 bits per heavy atom. The molecule has 0 saturated carbocycles. The predicted molar refractivity (Wildman–Crippen MR) is 75.8 cm³/mol. The van der Waals surface area contributed by atoms with Crippen molar-refractivity contribution >= 4 is 11.5 Å². The van der Waals surface area contributed by atoms with E-state index < -0.39 is 5.60 Å². The van der Waals surface area contributed by atoms with Crippen LogP contribution in [0.4, 0.5) is 5.69 Å². The summed E-state index contributed by atoms with van der Waals surface area (Å²) in [4.78, 5) is 2.12. The Morgan fingerprint density at radius 3 is 2.84 bits per heavy atom. The van der Waals surface area contributed by atoms with Crippen molar-refractivity contribution < 1.29 is 10.3 Å². The molecule has 19 heavy (non-hydrogen) atoms. The van der Waals surface area contributed by atoms with Crippen LogP contribution in [0.1, 0.15) is 30.9 Å². The second-order valence-electron chi connectivity index (χ2n) is 5.48. The average Bonchev–Trinajstić information content (AvgIpc) is 2.36. The maximum atomic E-state index is 10.2. The summed E-state index contributed by atoms with van der Waals surface area (Å²) < 4.78 is 0. The molecule has 0 radical (unpaired) electrons. The fourth-order valence-electron chi connectivity index (χ4n) is 2.75. The summed E-state index contributed by atoms with van der Waals surface area (Å²) in [5.41, 5.74) is 7.77.